The fourth-order valence-corrected chi connectivity index (χ4v) is 4.46. The summed E-state index contributed by atoms with van der Waals surface area (Å²) in [5.74, 6) is 0. The second-order valence-electron chi connectivity index (χ2n) is 4.97. The number of rotatable bonds is 4. The molecule has 1 aliphatic carbocycles. The van der Waals surface area contributed by atoms with Crippen LogP contribution in [-0.4, -0.2) is 26.0 Å². The van der Waals surface area contributed by atoms with Crippen LogP contribution in [-0.2, 0) is 10.0 Å². The smallest absolute Gasteiger partial charge is 0.208 e. The van der Waals surface area contributed by atoms with Crippen molar-refractivity contribution in [2.75, 3.05) is 6.26 Å². The van der Waals surface area contributed by atoms with Crippen molar-refractivity contribution in [2.24, 2.45) is 0 Å². The van der Waals surface area contributed by atoms with E-state index in [1.54, 1.807) is 0 Å². The van der Waals surface area contributed by atoms with Crippen LogP contribution in [0.5, 0.6) is 0 Å². The van der Waals surface area contributed by atoms with E-state index in [0.717, 1.165) is 25.7 Å². The molecule has 108 valence electrons. The molecule has 0 aliphatic heterocycles. The highest BCUT2D eigenvalue weighted by molar-refractivity contribution is 7.99. The third-order valence-corrected chi connectivity index (χ3v) is 6.30. The molecule has 0 spiro atoms. The number of nitrogens with one attached hydrogen (secondary N) is 1. The molecular weight excluding hydrogens is 292 g/mol. The van der Waals surface area contributed by atoms with Gasteiger partial charge in [-0.1, -0.05) is 0 Å². The molecule has 1 aromatic rings. The molecule has 0 heterocycles. The molecule has 1 saturated carbocycles. The largest absolute Gasteiger partial charge is 0.240 e. The lowest BCUT2D eigenvalue weighted by Gasteiger charge is -2.27. The molecule has 2 rings (SSSR count). The molecular formula is C14H18N2O2S2. The zero-order valence-corrected chi connectivity index (χ0v) is 13.0. The molecule has 0 aromatic heterocycles. The van der Waals surface area contributed by atoms with Crippen LogP contribution in [0.2, 0.25) is 0 Å². The van der Waals surface area contributed by atoms with Gasteiger partial charge in [0.1, 0.15) is 0 Å². The van der Waals surface area contributed by atoms with Gasteiger partial charge in [-0.05, 0) is 56.2 Å². The molecule has 0 radical (unpaired) electrons. The third kappa shape index (κ3) is 3.75. The van der Waals surface area contributed by atoms with Gasteiger partial charge < -0.3 is 0 Å². The van der Waals surface area contributed by atoms with Crippen LogP contribution < -0.4 is 4.72 Å². The van der Waals surface area contributed by atoms with E-state index in [1.165, 1.54) is 24.3 Å². The van der Waals surface area contributed by atoms with Crippen LogP contribution in [0.1, 0.15) is 31.2 Å². The van der Waals surface area contributed by atoms with Crippen molar-refractivity contribution in [3.63, 3.8) is 0 Å². The fourth-order valence-electron chi connectivity index (χ4n) is 2.41. The second kappa shape index (κ2) is 6.61. The monoisotopic (exact) mass is 310 g/mol. The minimum absolute atomic E-state index is 0.0269. The van der Waals surface area contributed by atoms with Crippen LogP contribution in [0.3, 0.4) is 0 Å². The van der Waals surface area contributed by atoms with Gasteiger partial charge in [-0.2, -0.15) is 17.0 Å². The molecule has 1 fully saturated rings. The van der Waals surface area contributed by atoms with Gasteiger partial charge in [0.05, 0.1) is 16.5 Å². The Hall–Kier alpha value is -1.03. The minimum Gasteiger partial charge on any atom is -0.208 e. The Kier molecular flexibility index (Phi) is 5.08. The third-order valence-electron chi connectivity index (χ3n) is 3.62. The van der Waals surface area contributed by atoms with Crippen LogP contribution in [0.15, 0.2) is 29.2 Å². The van der Waals surface area contributed by atoms with Crippen LogP contribution in [0.4, 0.5) is 0 Å². The summed E-state index contributed by atoms with van der Waals surface area (Å²) < 4.78 is 27.3. The number of hydrogen-bond donors (Lipinski definition) is 1. The SMILES string of the molecule is CSC1CCC(NS(=O)(=O)c2ccc(C#N)cc2)CC1. The number of nitriles is 1. The number of sulfonamides is 1. The number of benzene rings is 1. The maximum Gasteiger partial charge on any atom is 0.240 e. The summed E-state index contributed by atoms with van der Waals surface area (Å²) >= 11 is 1.86. The Morgan fingerprint density at radius 1 is 1.20 bits per heavy atom. The Morgan fingerprint density at radius 2 is 1.80 bits per heavy atom. The molecule has 0 saturated heterocycles. The van der Waals surface area contributed by atoms with Gasteiger partial charge in [-0.15, -0.1) is 0 Å². The Labute approximate surface area is 124 Å². The summed E-state index contributed by atoms with van der Waals surface area (Å²) in [7, 11) is -3.48. The zero-order valence-electron chi connectivity index (χ0n) is 11.4. The van der Waals surface area contributed by atoms with Gasteiger partial charge >= 0.3 is 0 Å². The molecule has 20 heavy (non-hydrogen) atoms. The maximum atomic E-state index is 12.3. The molecule has 1 aliphatic rings. The first-order valence-corrected chi connectivity index (χ1v) is 9.37. The minimum atomic E-state index is -3.48. The van der Waals surface area contributed by atoms with Gasteiger partial charge in [0.15, 0.2) is 0 Å². The lowest BCUT2D eigenvalue weighted by Crippen LogP contribution is -2.38. The van der Waals surface area contributed by atoms with E-state index in [0.29, 0.717) is 10.8 Å². The van der Waals surface area contributed by atoms with E-state index >= 15 is 0 Å². The Bertz CT molecular complexity index is 583. The molecule has 4 nitrogen and oxygen atoms in total. The summed E-state index contributed by atoms with van der Waals surface area (Å²) in [6, 6.07) is 8.02. The molecule has 1 aromatic carbocycles. The summed E-state index contributed by atoms with van der Waals surface area (Å²) in [6.07, 6.45) is 6.00. The number of nitrogens with zero attached hydrogens (tertiary/aromatic N) is 1. The fraction of sp³-hybridized carbons (Fsp3) is 0.500. The first kappa shape index (κ1) is 15.4. The quantitative estimate of drug-likeness (QED) is 0.927. The van der Waals surface area contributed by atoms with Crippen molar-refractivity contribution in [2.45, 2.75) is 41.9 Å². The van der Waals surface area contributed by atoms with Crippen molar-refractivity contribution in [3.05, 3.63) is 29.8 Å². The van der Waals surface area contributed by atoms with Gasteiger partial charge in [-0.25, -0.2) is 13.1 Å². The van der Waals surface area contributed by atoms with E-state index in [2.05, 4.69) is 11.0 Å². The van der Waals surface area contributed by atoms with Crippen molar-refractivity contribution in [1.82, 2.24) is 4.72 Å². The number of thioether (sulfide) groups is 1. The van der Waals surface area contributed by atoms with E-state index in [4.69, 9.17) is 5.26 Å². The standard InChI is InChI=1S/C14H18N2O2S2/c1-19-13-6-4-12(5-7-13)16-20(17,18)14-8-2-11(10-15)3-9-14/h2-3,8-9,12-13,16H,4-7H2,1H3. The molecule has 0 amide bonds. The van der Waals surface area contributed by atoms with Crippen LogP contribution >= 0.6 is 11.8 Å². The first-order valence-electron chi connectivity index (χ1n) is 6.60. The van der Waals surface area contributed by atoms with E-state index in [-0.39, 0.29) is 10.9 Å². The second-order valence-corrected chi connectivity index (χ2v) is 7.82. The highest BCUT2D eigenvalue weighted by Gasteiger charge is 2.25. The van der Waals surface area contributed by atoms with Crippen molar-refractivity contribution in [3.8, 4) is 6.07 Å². The predicted octanol–water partition coefficient (Wildman–Crippen LogP) is 2.51. The highest BCUT2D eigenvalue weighted by Crippen LogP contribution is 2.27. The predicted molar refractivity (Wildman–Crippen MR) is 81.0 cm³/mol. The normalized spacial score (nSPS) is 23.2. The summed E-state index contributed by atoms with van der Waals surface area (Å²) in [5, 5.41) is 9.38. The molecule has 0 bridgehead atoms. The van der Waals surface area contributed by atoms with Crippen LogP contribution in [0, 0.1) is 11.3 Å². The topological polar surface area (TPSA) is 70.0 Å². The van der Waals surface area contributed by atoms with Gasteiger partial charge in [0.25, 0.3) is 0 Å². The molecule has 0 unspecified atom stereocenters. The maximum absolute atomic E-state index is 12.3. The van der Waals surface area contributed by atoms with Crippen molar-refractivity contribution >= 4 is 21.8 Å². The van der Waals surface area contributed by atoms with E-state index in [9.17, 15) is 8.42 Å². The van der Waals surface area contributed by atoms with Crippen molar-refractivity contribution in [1.29, 1.82) is 5.26 Å². The average Bonchev–Trinajstić information content (AvgIpc) is 2.48. The summed E-state index contributed by atoms with van der Waals surface area (Å²) in [5.41, 5.74) is 0.462. The van der Waals surface area contributed by atoms with Gasteiger partial charge in [-0.3, -0.25) is 0 Å². The van der Waals surface area contributed by atoms with Gasteiger partial charge in [0, 0.05) is 11.3 Å². The average molecular weight is 310 g/mol. The summed E-state index contributed by atoms with van der Waals surface area (Å²) in [6.45, 7) is 0. The summed E-state index contributed by atoms with van der Waals surface area (Å²) in [4.78, 5) is 0.225. The Morgan fingerprint density at radius 3 is 2.30 bits per heavy atom. The van der Waals surface area contributed by atoms with Crippen molar-refractivity contribution < 1.29 is 8.42 Å². The molecule has 6 heteroatoms. The first-order chi connectivity index (χ1) is 9.55. The van der Waals surface area contributed by atoms with E-state index in [1.807, 2.05) is 17.8 Å². The number of hydrogen-bond acceptors (Lipinski definition) is 4. The van der Waals surface area contributed by atoms with E-state index < -0.39 is 10.0 Å². The lowest BCUT2D eigenvalue weighted by atomic mass is 9.96. The molecule has 0 atom stereocenters. The lowest BCUT2D eigenvalue weighted by molar-refractivity contribution is 0.420. The zero-order chi connectivity index (χ0) is 14.6. The van der Waals surface area contributed by atoms with Crippen LogP contribution in [0.25, 0.3) is 0 Å². The molecule has 1 N–H and O–H groups in total. The highest BCUT2D eigenvalue weighted by atomic mass is 32.2. The van der Waals surface area contributed by atoms with Gasteiger partial charge in [0.2, 0.25) is 10.0 Å². The Balaban J connectivity index is 2.02.